The van der Waals surface area contributed by atoms with E-state index in [4.69, 9.17) is 4.42 Å². The van der Waals surface area contributed by atoms with Gasteiger partial charge in [0.05, 0.1) is 0 Å². The van der Waals surface area contributed by atoms with Crippen molar-refractivity contribution in [1.29, 1.82) is 0 Å². The molecular formula is C23H16O5. The van der Waals surface area contributed by atoms with Crippen molar-refractivity contribution in [2.75, 3.05) is 0 Å². The molecule has 138 valence electrons. The molecule has 3 N–H and O–H groups in total. The Morgan fingerprint density at radius 1 is 0.786 bits per heavy atom. The average molecular weight is 372 g/mol. The minimum Gasteiger partial charge on any atom is -0.508 e. The van der Waals surface area contributed by atoms with Gasteiger partial charge in [0, 0.05) is 22.6 Å². The number of furan rings is 1. The summed E-state index contributed by atoms with van der Waals surface area (Å²) in [5.74, 6) is 0.208. The minimum absolute atomic E-state index is 0.168. The molecule has 5 nitrogen and oxygen atoms in total. The van der Waals surface area contributed by atoms with Crippen LogP contribution in [0.4, 0.5) is 0 Å². The van der Waals surface area contributed by atoms with Gasteiger partial charge in [-0.2, -0.15) is 0 Å². The highest BCUT2D eigenvalue weighted by Crippen LogP contribution is 2.29. The van der Waals surface area contributed by atoms with Crippen LogP contribution in [0.25, 0.3) is 28.4 Å². The number of benzene rings is 3. The van der Waals surface area contributed by atoms with Crippen molar-refractivity contribution in [3.63, 3.8) is 0 Å². The van der Waals surface area contributed by atoms with E-state index in [-0.39, 0.29) is 28.6 Å². The van der Waals surface area contributed by atoms with Gasteiger partial charge in [-0.15, -0.1) is 0 Å². The van der Waals surface area contributed by atoms with E-state index in [1.807, 2.05) is 24.3 Å². The summed E-state index contributed by atoms with van der Waals surface area (Å²) in [5.41, 5.74) is 2.57. The number of fused-ring (bicyclic) bond motifs is 1. The smallest absolute Gasteiger partial charge is 0.186 e. The Bertz CT molecular complexity index is 1180. The van der Waals surface area contributed by atoms with E-state index in [2.05, 4.69) is 0 Å². The maximum atomic E-state index is 12.3. The van der Waals surface area contributed by atoms with Crippen molar-refractivity contribution >= 4 is 22.8 Å². The Labute approximate surface area is 160 Å². The Balaban J connectivity index is 1.60. The molecule has 0 amide bonds. The molecule has 28 heavy (non-hydrogen) atoms. The van der Waals surface area contributed by atoms with Gasteiger partial charge in [-0.3, -0.25) is 4.79 Å². The van der Waals surface area contributed by atoms with E-state index in [1.54, 1.807) is 30.3 Å². The Morgan fingerprint density at radius 3 is 2.21 bits per heavy atom. The minimum atomic E-state index is -0.330. The number of allylic oxidation sites excluding steroid dienone is 1. The van der Waals surface area contributed by atoms with Crippen LogP contribution in [0.1, 0.15) is 15.9 Å². The molecule has 0 aliphatic heterocycles. The van der Waals surface area contributed by atoms with Gasteiger partial charge in [0.25, 0.3) is 0 Å². The largest absolute Gasteiger partial charge is 0.508 e. The molecule has 0 radical (unpaired) electrons. The summed E-state index contributed by atoms with van der Waals surface area (Å²) in [6, 6.07) is 18.0. The Morgan fingerprint density at radius 2 is 1.50 bits per heavy atom. The van der Waals surface area contributed by atoms with E-state index < -0.39 is 0 Å². The fraction of sp³-hybridized carbons (Fsp3) is 0. The molecule has 0 saturated heterocycles. The molecule has 0 aliphatic rings. The molecule has 0 aliphatic carbocycles. The van der Waals surface area contributed by atoms with Crippen LogP contribution in [-0.4, -0.2) is 21.1 Å². The topological polar surface area (TPSA) is 90.9 Å². The summed E-state index contributed by atoms with van der Waals surface area (Å²) in [6.45, 7) is 0. The van der Waals surface area contributed by atoms with E-state index in [0.29, 0.717) is 11.3 Å². The quantitative estimate of drug-likeness (QED) is 0.342. The van der Waals surface area contributed by atoms with E-state index in [0.717, 1.165) is 16.5 Å². The molecule has 1 heterocycles. The first-order valence-electron chi connectivity index (χ1n) is 8.56. The second kappa shape index (κ2) is 6.96. The third-order valence-corrected chi connectivity index (χ3v) is 4.31. The normalized spacial score (nSPS) is 11.3. The maximum absolute atomic E-state index is 12.3. The molecule has 0 spiro atoms. The summed E-state index contributed by atoms with van der Waals surface area (Å²) < 4.78 is 5.84. The third-order valence-electron chi connectivity index (χ3n) is 4.31. The van der Waals surface area contributed by atoms with E-state index in [1.165, 1.54) is 24.3 Å². The zero-order valence-corrected chi connectivity index (χ0v) is 14.7. The number of hydrogen-bond donors (Lipinski definition) is 3. The molecule has 1 aromatic heterocycles. The summed E-state index contributed by atoms with van der Waals surface area (Å²) in [5, 5.41) is 29.3. The molecule has 4 rings (SSSR count). The van der Waals surface area contributed by atoms with Gasteiger partial charge in [-0.1, -0.05) is 12.1 Å². The van der Waals surface area contributed by atoms with Gasteiger partial charge >= 0.3 is 0 Å². The van der Waals surface area contributed by atoms with Crippen LogP contribution in [0, 0.1) is 0 Å². The van der Waals surface area contributed by atoms with Crippen LogP contribution in [-0.2, 0) is 0 Å². The van der Waals surface area contributed by atoms with Crippen LogP contribution in [0.5, 0.6) is 17.2 Å². The number of phenolic OH excluding ortho intramolecular Hbond substituents is 3. The zero-order valence-electron chi connectivity index (χ0n) is 14.7. The molecule has 0 bridgehead atoms. The van der Waals surface area contributed by atoms with Gasteiger partial charge in [-0.25, -0.2) is 0 Å². The van der Waals surface area contributed by atoms with Crippen molar-refractivity contribution in [3.05, 3.63) is 83.9 Å². The molecular weight excluding hydrogens is 356 g/mol. The second-order valence-electron chi connectivity index (χ2n) is 6.39. The highest BCUT2D eigenvalue weighted by Gasteiger charge is 2.08. The summed E-state index contributed by atoms with van der Waals surface area (Å²) >= 11 is 0. The molecule has 4 aromatic rings. The number of aromatic hydroxyl groups is 3. The van der Waals surface area contributed by atoms with Crippen molar-refractivity contribution in [2.45, 2.75) is 0 Å². The first-order valence-corrected chi connectivity index (χ1v) is 8.56. The predicted molar refractivity (Wildman–Crippen MR) is 106 cm³/mol. The van der Waals surface area contributed by atoms with Crippen LogP contribution in [0.15, 0.2) is 77.2 Å². The van der Waals surface area contributed by atoms with Gasteiger partial charge in [-0.05, 0) is 66.2 Å². The van der Waals surface area contributed by atoms with Gasteiger partial charge < -0.3 is 19.7 Å². The summed E-state index contributed by atoms with van der Waals surface area (Å²) in [7, 11) is 0. The van der Waals surface area contributed by atoms with E-state index in [9.17, 15) is 20.1 Å². The monoisotopic (exact) mass is 372 g/mol. The predicted octanol–water partition coefficient (Wildman–Crippen LogP) is 5.11. The number of ketones is 1. The van der Waals surface area contributed by atoms with Gasteiger partial charge in [0.2, 0.25) is 0 Å². The van der Waals surface area contributed by atoms with Crippen molar-refractivity contribution in [3.8, 4) is 28.6 Å². The van der Waals surface area contributed by atoms with Gasteiger partial charge in [0.1, 0.15) is 28.6 Å². The lowest BCUT2D eigenvalue weighted by atomic mass is 10.1. The maximum Gasteiger partial charge on any atom is 0.186 e. The second-order valence-corrected chi connectivity index (χ2v) is 6.39. The zero-order chi connectivity index (χ0) is 19.7. The van der Waals surface area contributed by atoms with Crippen molar-refractivity contribution in [2.24, 2.45) is 0 Å². The SMILES string of the molecule is O=C(C=Cc1ccc2oc(-c3ccc(O)cc3)cc2c1)c1cc(O)cc(O)c1. The van der Waals surface area contributed by atoms with Crippen LogP contribution >= 0.6 is 0 Å². The third kappa shape index (κ3) is 3.59. The van der Waals surface area contributed by atoms with Crippen LogP contribution < -0.4 is 0 Å². The van der Waals surface area contributed by atoms with Crippen molar-refractivity contribution < 1.29 is 24.5 Å². The van der Waals surface area contributed by atoms with E-state index >= 15 is 0 Å². The van der Waals surface area contributed by atoms with Crippen LogP contribution in [0.3, 0.4) is 0 Å². The standard InChI is InChI=1S/C23H16O5/c24-18-5-3-15(4-6-18)23-12-17-9-14(2-8-22(17)28-23)1-7-21(27)16-10-19(25)13-20(26)11-16/h1-13,24-26H. The summed E-state index contributed by atoms with van der Waals surface area (Å²) in [4.78, 5) is 12.3. The number of hydrogen-bond acceptors (Lipinski definition) is 5. The molecule has 0 unspecified atom stereocenters. The van der Waals surface area contributed by atoms with Crippen LogP contribution in [0.2, 0.25) is 0 Å². The lowest BCUT2D eigenvalue weighted by Gasteiger charge is -1.99. The first-order chi connectivity index (χ1) is 13.5. The van der Waals surface area contributed by atoms with Gasteiger partial charge in [0.15, 0.2) is 5.78 Å². The Kier molecular flexibility index (Phi) is 4.33. The Hall–Kier alpha value is -3.99. The lowest BCUT2D eigenvalue weighted by molar-refractivity contribution is 0.104. The molecule has 3 aromatic carbocycles. The summed E-state index contributed by atoms with van der Waals surface area (Å²) in [6.07, 6.45) is 3.05. The average Bonchev–Trinajstić information content (AvgIpc) is 3.09. The number of rotatable bonds is 4. The number of phenols is 3. The molecule has 0 saturated carbocycles. The fourth-order valence-corrected chi connectivity index (χ4v) is 2.94. The van der Waals surface area contributed by atoms with Crippen molar-refractivity contribution in [1.82, 2.24) is 0 Å². The highest BCUT2D eigenvalue weighted by molar-refractivity contribution is 6.07. The lowest BCUT2D eigenvalue weighted by Crippen LogP contribution is -1.93. The first kappa shape index (κ1) is 17.4. The molecule has 0 atom stereocenters. The number of carbonyl (C=O) groups excluding carboxylic acids is 1. The highest BCUT2D eigenvalue weighted by atomic mass is 16.3. The molecule has 0 fully saturated rings. The fourth-order valence-electron chi connectivity index (χ4n) is 2.94. The molecule has 5 heteroatoms. The number of carbonyl (C=O) groups is 1.